The normalized spacial score (nSPS) is 20.6. The van der Waals surface area contributed by atoms with Crippen LogP contribution in [0.25, 0.3) is 11.4 Å². The molecule has 0 aromatic carbocycles. The lowest BCUT2D eigenvalue weighted by Gasteiger charge is -2.36. The summed E-state index contributed by atoms with van der Waals surface area (Å²) in [5.41, 5.74) is 7.18. The highest BCUT2D eigenvalue weighted by Gasteiger charge is 2.31. The van der Waals surface area contributed by atoms with Crippen molar-refractivity contribution in [3.8, 4) is 11.8 Å². The van der Waals surface area contributed by atoms with Crippen LogP contribution in [0.4, 0.5) is 0 Å². The first-order valence-electron chi connectivity index (χ1n) is 12.4. The number of hydrogen-bond donors (Lipinski definition) is 1. The molecule has 1 fully saturated rings. The van der Waals surface area contributed by atoms with Crippen LogP contribution in [0.3, 0.4) is 0 Å². The molecule has 0 unspecified atom stereocenters. The van der Waals surface area contributed by atoms with Crippen LogP contribution in [-0.4, -0.2) is 50.2 Å². The SMILES string of the molecule is C=C(N[C@H]1CCN(C2=C(C)C(CC)=CN3CC#CCC=C23)C1)c1ncn(C(/C=C\CC)=C/C)n1. The molecular weight excluding hydrogens is 420 g/mol. The summed E-state index contributed by atoms with van der Waals surface area (Å²) in [7, 11) is 0. The molecule has 0 spiro atoms. The van der Waals surface area contributed by atoms with Crippen molar-refractivity contribution in [2.75, 3.05) is 19.6 Å². The molecule has 1 aromatic rings. The van der Waals surface area contributed by atoms with Gasteiger partial charge in [0.1, 0.15) is 6.33 Å². The van der Waals surface area contributed by atoms with E-state index in [4.69, 9.17) is 0 Å². The van der Waals surface area contributed by atoms with E-state index in [9.17, 15) is 0 Å². The third kappa shape index (κ3) is 4.89. The molecule has 1 saturated heterocycles. The Labute approximate surface area is 204 Å². The molecule has 1 N–H and O–H groups in total. The Morgan fingerprint density at radius 3 is 2.94 bits per heavy atom. The van der Waals surface area contributed by atoms with E-state index in [0.717, 1.165) is 56.7 Å². The molecule has 178 valence electrons. The Hall–Kier alpha value is -3.46. The molecule has 0 bridgehead atoms. The topological polar surface area (TPSA) is 49.2 Å². The quantitative estimate of drug-likeness (QED) is 0.445. The number of rotatable bonds is 8. The summed E-state index contributed by atoms with van der Waals surface area (Å²) in [6.07, 6.45) is 16.4. The first-order valence-corrected chi connectivity index (χ1v) is 12.4. The van der Waals surface area contributed by atoms with Gasteiger partial charge in [-0.15, -0.1) is 5.10 Å². The van der Waals surface area contributed by atoms with Crippen LogP contribution in [0.5, 0.6) is 0 Å². The number of fused-ring (bicyclic) bond motifs is 1. The van der Waals surface area contributed by atoms with E-state index in [0.29, 0.717) is 11.9 Å². The minimum Gasteiger partial charge on any atom is -0.378 e. The van der Waals surface area contributed by atoms with Crippen molar-refractivity contribution < 1.29 is 0 Å². The maximum absolute atomic E-state index is 4.65. The minimum atomic E-state index is 0.299. The third-order valence-electron chi connectivity index (χ3n) is 6.58. The van der Waals surface area contributed by atoms with Gasteiger partial charge < -0.3 is 15.1 Å². The Bertz CT molecular complexity index is 1150. The van der Waals surface area contributed by atoms with Gasteiger partial charge in [0.2, 0.25) is 0 Å². The van der Waals surface area contributed by atoms with E-state index in [1.54, 1.807) is 11.0 Å². The van der Waals surface area contributed by atoms with Crippen molar-refractivity contribution in [3.05, 3.63) is 71.8 Å². The second-order valence-electron chi connectivity index (χ2n) is 8.85. The van der Waals surface area contributed by atoms with Crippen LogP contribution in [-0.2, 0) is 0 Å². The number of nitrogens with zero attached hydrogens (tertiary/aromatic N) is 5. The second kappa shape index (κ2) is 10.6. The number of likely N-dealkylation sites (tertiary alicyclic amines) is 1. The van der Waals surface area contributed by atoms with E-state index in [-0.39, 0.29) is 0 Å². The van der Waals surface area contributed by atoms with Gasteiger partial charge in [0.25, 0.3) is 0 Å². The highest BCUT2D eigenvalue weighted by atomic mass is 15.3. The van der Waals surface area contributed by atoms with Gasteiger partial charge in [-0.2, -0.15) is 0 Å². The first kappa shape index (κ1) is 23.7. The molecule has 4 heterocycles. The zero-order chi connectivity index (χ0) is 24.1. The van der Waals surface area contributed by atoms with E-state index in [1.165, 1.54) is 22.5 Å². The molecule has 6 heteroatoms. The Kier molecular flexibility index (Phi) is 7.42. The summed E-state index contributed by atoms with van der Waals surface area (Å²) in [5.74, 6) is 7.18. The molecule has 1 atom stereocenters. The van der Waals surface area contributed by atoms with E-state index in [2.05, 4.69) is 88.8 Å². The zero-order valence-corrected chi connectivity index (χ0v) is 20.9. The largest absolute Gasteiger partial charge is 0.378 e. The van der Waals surface area contributed by atoms with Gasteiger partial charge in [0, 0.05) is 31.8 Å². The standard InChI is InChI=1S/C28H36N6/c1-6-9-13-25(8-3)34-20-29-28(31-34)22(5)30-24-15-17-33(19-24)27-21(4)23(7-2)18-32-16-12-10-11-14-26(27)32/h8-9,13-14,18,20,24,30H,5-7,11,15-17,19H2,1-4H3/b13-9-,25-8+/t24-/m0/s1. The summed E-state index contributed by atoms with van der Waals surface area (Å²) < 4.78 is 1.80. The van der Waals surface area contributed by atoms with Crippen LogP contribution < -0.4 is 5.32 Å². The molecule has 0 radical (unpaired) electrons. The van der Waals surface area contributed by atoms with Gasteiger partial charge >= 0.3 is 0 Å². The number of aromatic nitrogens is 3. The molecule has 34 heavy (non-hydrogen) atoms. The highest BCUT2D eigenvalue weighted by Crippen LogP contribution is 2.36. The van der Waals surface area contributed by atoms with Crippen LogP contribution in [0.2, 0.25) is 0 Å². The van der Waals surface area contributed by atoms with E-state index in [1.807, 2.05) is 13.0 Å². The van der Waals surface area contributed by atoms with E-state index < -0.39 is 0 Å². The molecule has 0 saturated carbocycles. The van der Waals surface area contributed by atoms with Gasteiger partial charge in [0.15, 0.2) is 5.82 Å². The van der Waals surface area contributed by atoms with E-state index >= 15 is 0 Å². The fourth-order valence-electron chi connectivity index (χ4n) is 4.76. The van der Waals surface area contributed by atoms with Gasteiger partial charge in [-0.1, -0.05) is 44.4 Å². The van der Waals surface area contributed by atoms with Crippen LogP contribution in [0.1, 0.15) is 59.2 Å². The average Bonchev–Trinajstić information content (AvgIpc) is 3.45. The summed E-state index contributed by atoms with van der Waals surface area (Å²) in [5, 5.41) is 8.24. The summed E-state index contributed by atoms with van der Waals surface area (Å²) in [6.45, 7) is 15.6. The van der Waals surface area contributed by atoms with Crippen molar-refractivity contribution in [1.82, 2.24) is 29.9 Å². The Balaban J connectivity index is 1.46. The second-order valence-corrected chi connectivity index (χ2v) is 8.85. The van der Waals surface area contributed by atoms with Crippen molar-refractivity contribution in [1.29, 1.82) is 0 Å². The number of allylic oxidation sites excluding steroid dienone is 7. The summed E-state index contributed by atoms with van der Waals surface area (Å²) >= 11 is 0. The fraction of sp³-hybridized carbons (Fsp3) is 0.429. The van der Waals surface area contributed by atoms with Gasteiger partial charge in [-0.05, 0) is 56.4 Å². The monoisotopic (exact) mass is 456 g/mol. The lowest BCUT2D eigenvalue weighted by Crippen LogP contribution is -2.35. The van der Waals surface area contributed by atoms with Gasteiger partial charge in [-0.3, -0.25) is 0 Å². The average molecular weight is 457 g/mol. The lowest BCUT2D eigenvalue weighted by molar-refractivity contribution is 0.378. The number of hydrogen-bond acceptors (Lipinski definition) is 5. The molecule has 6 nitrogen and oxygen atoms in total. The smallest absolute Gasteiger partial charge is 0.197 e. The first-order chi connectivity index (χ1) is 16.5. The van der Waals surface area contributed by atoms with Crippen molar-refractivity contribution in [2.24, 2.45) is 0 Å². The molecule has 3 aliphatic rings. The summed E-state index contributed by atoms with van der Waals surface area (Å²) in [6, 6.07) is 0.299. The molecule has 4 rings (SSSR count). The van der Waals surface area contributed by atoms with Crippen LogP contribution in [0, 0.1) is 11.8 Å². The molecule has 3 aliphatic heterocycles. The van der Waals surface area contributed by atoms with Crippen molar-refractivity contribution in [3.63, 3.8) is 0 Å². The number of nitrogens with one attached hydrogen (secondary N) is 1. The summed E-state index contributed by atoms with van der Waals surface area (Å²) in [4.78, 5) is 9.34. The predicted molar refractivity (Wildman–Crippen MR) is 140 cm³/mol. The van der Waals surface area contributed by atoms with Crippen molar-refractivity contribution in [2.45, 2.75) is 59.4 Å². The van der Waals surface area contributed by atoms with Crippen molar-refractivity contribution >= 4 is 11.4 Å². The maximum Gasteiger partial charge on any atom is 0.197 e. The third-order valence-corrected chi connectivity index (χ3v) is 6.58. The molecular formula is C28H36N6. The van der Waals surface area contributed by atoms with Crippen LogP contribution in [0.15, 0.2) is 66.0 Å². The molecule has 0 aliphatic carbocycles. The highest BCUT2D eigenvalue weighted by molar-refractivity contribution is 5.58. The Morgan fingerprint density at radius 2 is 2.18 bits per heavy atom. The van der Waals surface area contributed by atoms with Gasteiger partial charge in [0.05, 0.1) is 29.3 Å². The minimum absolute atomic E-state index is 0.299. The van der Waals surface area contributed by atoms with Crippen LogP contribution >= 0.6 is 0 Å². The molecule has 1 aromatic heterocycles. The van der Waals surface area contributed by atoms with Gasteiger partial charge in [-0.25, -0.2) is 9.67 Å². The fourth-order valence-corrected chi connectivity index (χ4v) is 4.76. The molecule has 0 amide bonds. The predicted octanol–water partition coefficient (Wildman–Crippen LogP) is 4.91. The lowest BCUT2D eigenvalue weighted by atomic mass is 9.97. The Morgan fingerprint density at radius 1 is 1.32 bits per heavy atom. The maximum atomic E-state index is 4.65. The zero-order valence-electron chi connectivity index (χ0n) is 20.9.